The number of amides is 1. The molecule has 33 heavy (non-hydrogen) atoms. The van der Waals surface area contributed by atoms with Crippen molar-refractivity contribution in [2.75, 3.05) is 20.2 Å². The van der Waals surface area contributed by atoms with E-state index in [1.165, 1.54) is 0 Å². The Morgan fingerprint density at radius 3 is 2.33 bits per heavy atom. The van der Waals surface area contributed by atoms with Gasteiger partial charge in [-0.1, -0.05) is 65.8 Å². The Bertz CT molecular complexity index is 784. The van der Waals surface area contributed by atoms with Gasteiger partial charge in [0.15, 0.2) is 5.54 Å². The van der Waals surface area contributed by atoms with Crippen molar-refractivity contribution < 1.29 is 19.4 Å². The van der Waals surface area contributed by atoms with E-state index in [1.807, 2.05) is 50.8 Å². The summed E-state index contributed by atoms with van der Waals surface area (Å²) in [5.41, 5.74) is 0.327. The molecule has 0 unspecified atom stereocenters. The SMILES string of the molecule is CCN(CC)[C@@](C(=O)O)(c1ccc(CNC(=O)CCCC/C=C/C(C)C)cc1OC)C(C)C. The van der Waals surface area contributed by atoms with Gasteiger partial charge in [0.05, 0.1) is 7.11 Å². The fourth-order valence-electron chi connectivity index (χ4n) is 4.43. The predicted octanol–water partition coefficient (Wildman–Crippen LogP) is 5.36. The number of unbranched alkanes of at least 4 members (excludes halogenated alkanes) is 2. The van der Waals surface area contributed by atoms with Crippen molar-refractivity contribution in [3.8, 4) is 5.75 Å². The highest BCUT2D eigenvalue weighted by Crippen LogP contribution is 2.41. The van der Waals surface area contributed by atoms with Gasteiger partial charge in [0.1, 0.15) is 5.75 Å². The van der Waals surface area contributed by atoms with Crippen LogP contribution in [0, 0.1) is 11.8 Å². The Morgan fingerprint density at radius 1 is 1.15 bits per heavy atom. The van der Waals surface area contributed by atoms with Crippen molar-refractivity contribution in [1.29, 1.82) is 0 Å². The van der Waals surface area contributed by atoms with Crippen LogP contribution in [0.1, 0.15) is 78.4 Å². The molecule has 1 rings (SSSR count). The molecule has 6 heteroatoms. The number of carboxylic acids is 1. The van der Waals surface area contributed by atoms with Gasteiger partial charge >= 0.3 is 5.97 Å². The lowest BCUT2D eigenvalue weighted by atomic mass is 9.77. The first-order valence-electron chi connectivity index (χ1n) is 12.2. The zero-order valence-electron chi connectivity index (χ0n) is 21.6. The molecule has 0 bridgehead atoms. The summed E-state index contributed by atoms with van der Waals surface area (Å²) < 4.78 is 5.65. The van der Waals surface area contributed by atoms with E-state index in [-0.39, 0.29) is 11.8 Å². The second-order valence-electron chi connectivity index (χ2n) is 9.13. The number of carbonyl (C=O) groups is 2. The van der Waals surface area contributed by atoms with Crippen molar-refractivity contribution in [3.05, 3.63) is 41.5 Å². The van der Waals surface area contributed by atoms with Crippen molar-refractivity contribution in [1.82, 2.24) is 10.2 Å². The molecule has 0 fully saturated rings. The molecule has 1 aromatic rings. The van der Waals surface area contributed by atoms with Gasteiger partial charge in [-0.05, 0) is 55.8 Å². The van der Waals surface area contributed by atoms with Gasteiger partial charge in [0, 0.05) is 18.5 Å². The highest BCUT2D eigenvalue weighted by atomic mass is 16.5. The van der Waals surface area contributed by atoms with Gasteiger partial charge in [-0.15, -0.1) is 0 Å². The lowest BCUT2D eigenvalue weighted by Gasteiger charge is -2.43. The minimum atomic E-state index is -1.19. The summed E-state index contributed by atoms with van der Waals surface area (Å²) in [6.07, 6.45) is 7.73. The molecular formula is C27H44N2O4. The molecule has 1 amide bonds. The summed E-state index contributed by atoms with van der Waals surface area (Å²) >= 11 is 0. The molecule has 186 valence electrons. The predicted molar refractivity (Wildman–Crippen MR) is 134 cm³/mol. The van der Waals surface area contributed by atoms with Crippen LogP contribution in [-0.2, 0) is 21.7 Å². The normalized spacial score (nSPS) is 13.6. The zero-order chi connectivity index (χ0) is 25.0. The molecule has 0 aliphatic carbocycles. The number of hydrogen-bond donors (Lipinski definition) is 2. The monoisotopic (exact) mass is 460 g/mol. The Morgan fingerprint density at radius 2 is 1.82 bits per heavy atom. The number of aliphatic carboxylic acids is 1. The maximum absolute atomic E-state index is 12.6. The topological polar surface area (TPSA) is 78.9 Å². The Kier molecular flexibility index (Phi) is 12.2. The third-order valence-corrected chi connectivity index (χ3v) is 6.14. The largest absolute Gasteiger partial charge is 0.496 e. The van der Waals surface area contributed by atoms with Crippen LogP contribution < -0.4 is 10.1 Å². The number of carbonyl (C=O) groups excluding carboxylic acids is 1. The van der Waals surface area contributed by atoms with Gasteiger partial charge in [0.2, 0.25) is 5.91 Å². The Labute approximate surface area is 200 Å². The minimum Gasteiger partial charge on any atom is -0.496 e. The number of nitrogens with zero attached hydrogens (tertiary/aromatic N) is 1. The zero-order valence-corrected chi connectivity index (χ0v) is 21.6. The van der Waals surface area contributed by atoms with Gasteiger partial charge in [-0.2, -0.15) is 0 Å². The van der Waals surface area contributed by atoms with E-state index >= 15 is 0 Å². The molecule has 0 aliphatic heterocycles. The van der Waals surface area contributed by atoms with E-state index in [9.17, 15) is 14.7 Å². The fourth-order valence-corrected chi connectivity index (χ4v) is 4.43. The first-order valence-corrected chi connectivity index (χ1v) is 12.2. The quantitative estimate of drug-likeness (QED) is 0.272. The molecule has 0 aliphatic rings. The van der Waals surface area contributed by atoms with Crippen LogP contribution in [0.2, 0.25) is 0 Å². The third-order valence-electron chi connectivity index (χ3n) is 6.14. The minimum absolute atomic E-state index is 0.0242. The van der Waals surface area contributed by atoms with Crippen LogP contribution in [0.15, 0.2) is 30.4 Å². The van der Waals surface area contributed by atoms with E-state index in [0.717, 1.165) is 24.8 Å². The summed E-state index contributed by atoms with van der Waals surface area (Å²) in [5, 5.41) is 13.3. The standard InChI is InChI=1S/C27H44N2O4/c1-8-29(9-2)27(21(5)6,26(31)32)23-17-16-22(18-24(23)33-7)19-28-25(30)15-13-11-10-12-14-20(3)4/h12,14,16-18,20-21H,8-11,13,15,19H2,1-7H3,(H,28,30)(H,31,32)/b14-12+/t27-/m1/s1. The summed E-state index contributed by atoms with van der Waals surface area (Å²) in [6.45, 7) is 13.7. The molecule has 0 aromatic heterocycles. The number of allylic oxidation sites excluding steroid dienone is 2. The average molecular weight is 461 g/mol. The molecule has 2 N–H and O–H groups in total. The molecule has 0 saturated carbocycles. The number of nitrogens with one attached hydrogen (secondary N) is 1. The number of benzene rings is 1. The van der Waals surface area contributed by atoms with E-state index in [0.29, 0.717) is 43.3 Å². The molecule has 0 heterocycles. The van der Waals surface area contributed by atoms with E-state index in [4.69, 9.17) is 4.74 Å². The van der Waals surface area contributed by atoms with Crippen LogP contribution in [-0.4, -0.2) is 42.1 Å². The van der Waals surface area contributed by atoms with E-state index in [1.54, 1.807) is 7.11 Å². The van der Waals surface area contributed by atoms with Crippen LogP contribution >= 0.6 is 0 Å². The number of hydrogen-bond acceptors (Lipinski definition) is 4. The van der Waals surface area contributed by atoms with Crippen LogP contribution in [0.25, 0.3) is 0 Å². The number of likely N-dealkylation sites (N-methyl/N-ethyl adjacent to an activating group) is 1. The van der Waals surface area contributed by atoms with Crippen LogP contribution in [0.3, 0.4) is 0 Å². The van der Waals surface area contributed by atoms with Crippen molar-refractivity contribution in [3.63, 3.8) is 0 Å². The second-order valence-corrected chi connectivity index (χ2v) is 9.13. The lowest BCUT2D eigenvalue weighted by Crippen LogP contribution is -2.55. The molecule has 0 saturated heterocycles. The summed E-state index contributed by atoms with van der Waals surface area (Å²) in [6, 6.07) is 5.57. The van der Waals surface area contributed by atoms with Gasteiger partial charge in [-0.3, -0.25) is 9.69 Å². The highest BCUT2D eigenvalue weighted by Gasteiger charge is 2.49. The maximum Gasteiger partial charge on any atom is 0.329 e. The molecule has 1 atom stereocenters. The Balaban J connectivity index is 2.93. The number of carboxylic acid groups (broad SMARTS) is 1. The smallest absolute Gasteiger partial charge is 0.329 e. The third kappa shape index (κ3) is 7.60. The number of methoxy groups -OCH3 is 1. The van der Waals surface area contributed by atoms with Crippen LogP contribution in [0.4, 0.5) is 0 Å². The molecular weight excluding hydrogens is 416 g/mol. The van der Waals surface area contributed by atoms with Crippen molar-refractivity contribution in [2.45, 2.75) is 79.3 Å². The molecule has 0 radical (unpaired) electrons. The van der Waals surface area contributed by atoms with E-state index in [2.05, 4.69) is 31.3 Å². The number of rotatable bonds is 15. The van der Waals surface area contributed by atoms with Gasteiger partial charge in [-0.25, -0.2) is 4.79 Å². The second kappa shape index (κ2) is 14.0. The van der Waals surface area contributed by atoms with Crippen LogP contribution in [0.5, 0.6) is 5.75 Å². The summed E-state index contributed by atoms with van der Waals surface area (Å²) in [4.78, 5) is 26.8. The number of ether oxygens (including phenoxy) is 1. The van der Waals surface area contributed by atoms with Crippen molar-refractivity contribution >= 4 is 11.9 Å². The highest BCUT2D eigenvalue weighted by molar-refractivity contribution is 5.82. The first kappa shape index (κ1) is 28.7. The van der Waals surface area contributed by atoms with Gasteiger partial charge < -0.3 is 15.2 Å². The van der Waals surface area contributed by atoms with Gasteiger partial charge in [0.25, 0.3) is 0 Å². The summed E-state index contributed by atoms with van der Waals surface area (Å²) in [7, 11) is 1.56. The molecule has 0 spiro atoms. The Hall–Kier alpha value is -2.34. The lowest BCUT2D eigenvalue weighted by molar-refractivity contribution is -0.156. The van der Waals surface area contributed by atoms with E-state index < -0.39 is 11.5 Å². The fraction of sp³-hybridized carbons (Fsp3) is 0.630. The molecule has 6 nitrogen and oxygen atoms in total. The average Bonchev–Trinajstić information content (AvgIpc) is 2.77. The first-order chi connectivity index (χ1) is 15.6. The van der Waals surface area contributed by atoms with Crippen molar-refractivity contribution in [2.24, 2.45) is 11.8 Å². The molecule has 1 aromatic carbocycles. The summed E-state index contributed by atoms with van der Waals surface area (Å²) in [5.74, 6) is 0.0520. The maximum atomic E-state index is 12.6.